The monoisotopic (exact) mass is 242 g/mol. The van der Waals surface area contributed by atoms with E-state index in [0.717, 1.165) is 13.0 Å². The number of carboxylic acids is 1. The summed E-state index contributed by atoms with van der Waals surface area (Å²) in [6, 6.07) is 0.953. The van der Waals surface area contributed by atoms with E-state index in [1.54, 1.807) is 6.92 Å². The number of nitrogens with one attached hydrogen (secondary N) is 1. The van der Waals surface area contributed by atoms with Crippen LogP contribution in [0.3, 0.4) is 0 Å². The summed E-state index contributed by atoms with van der Waals surface area (Å²) in [6.07, 6.45) is 3.04. The zero-order chi connectivity index (χ0) is 12.4. The number of nitrogens with zero attached hydrogens (tertiary/aromatic N) is 1. The number of hydrogen-bond donors (Lipinski definition) is 3. The van der Waals surface area contributed by atoms with Gasteiger partial charge >= 0.3 is 5.97 Å². The van der Waals surface area contributed by atoms with Crippen LogP contribution in [0.4, 0.5) is 0 Å². The summed E-state index contributed by atoms with van der Waals surface area (Å²) in [7, 11) is 0. The summed E-state index contributed by atoms with van der Waals surface area (Å²) < 4.78 is 0. The fraction of sp³-hybridized carbons (Fsp3) is 0.917. The first-order chi connectivity index (χ1) is 8.04. The van der Waals surface area contributed by atoms with Gasteiger partial charge in [-0.3, -0.25) is 9.69 Å². The third-order valence-corrected chi connectivity index (χ3v) is 3.65. The van der Waals surface area contributed by atoms with Crippen molar-refractivity contribution in [2.75, 3.05) is 19.6 Å². The minimum atomic E-state index is -0.790. The van der Waals surface area contributed by atoms with Crippen LogP contribution in [0.1, 0.15) is 26.2 Å². The molecular formula is C12H22N2O3. The molecule has 1 heterocycles. The van der Waals surface area contributed by atoms with E-state index in [4.69, 9.17) is 5.11 Å². The van der Waals surface area contributed by atoms with Gasteiger partial charge in [0.25, 0.3) is 0 Å². The van der Waals surface area contributed by atoms with Gasteiger partial charge in [0.1, 0.15) is 0 Å². The van der Waals surface area contributed by atoms with Crippen LogP contribution in [0.2, 0.25) is 0 Å². The summed E-state index contributed by atoms with van der Waals surface area (Å²) >= 11 is 0. The molecule has 0 spiro atoms. The Morgan fingerprint density at radius 2 is 2.12 bits per heavy atom. The Morgan fingerprint density at radius 1 is 1.41 bits per heavy atom. The third-order valence-electron chi connectivity index (χ3n) is 3.65. The van der Waals surface area contributed by atoms with E-state index in [1.165, 1.54) is 12.8 Å². The van der Waals surface area contributed by atoms with E-state index < -0.39 is 5.97 Å². The van der Waals surface area contributed by atoms with Crippen molar-refractivity contribution in [3.8, 4) is 0 Å². The van der Waals surface area contributed by atoms with Gasteiger partial charge in [0.05, 0.1) is 12.6 Å². The predicted molar refractivity (Wildman–Crippen MR) is 63.8 cm³/mol. The zero-order valence-electron chi connectivity index (χ0n) is 10.3. The van der Waals surface area contributed by atoms with Gasteiger partial charge in [-0.2, -0.15) is 0 Å². The molecular weight excluding hydrogens is 220 g/mol. The fourth-order valence-corrected chi connectivity index (χ4v) is 2.61. The van der Waals surface area contributed by atoms with E-state index in [-0.39, 0.29) is 18.6 Å². The third kappa shape index (κ3) is 3.94. The van der Waals surface area contributed by atoms with E-state index in [2.05, 4.69) is 5.32 Å². The minimum absolute atomic E-state index is 0.0755. The Bertz CT molecular complexity index is 279. The lowest BCUT2D eigenvalue weighted by Gasteiger charge is -2.38. The standard InChI is InChI=1S/C12H22N2O3/c1-8(15)9-4-11(13-10-2-3-10)6-14(5-9)7-12(16)17/h8-11,13,15H,2-7H2,1H3,(H,16,17). The van der Waals surface area contributed by atoms with Gasteiger partial charge < -0.3 is 15.5 Å². The molecule has 98 valence electrons. The minimum Gasteiger partial charge on any atom is -0.480 e. The van der Waals surface area contributed by atoms with Gasteiger partial charge in [-0.05, 0) is 32.1 Å². The highest BCUT2D eigenvalue weighted by atomic mass is 16.4. The molecule has 1 saturated heterocycles. The number of aliphatic carboxylic acids is 1. The zero-order valence-corrected chi connectivity index (χ0v) is 10.3. The Kier molecular flexibility index (Phi) is 4.01. The SMILES string of the molecule is CC(O)C1CC(NC2CC2)CN(CC(=O)O)C1. The maximum absolute atomic E-state index is 10.8. The molecule has 1 aliphatic carbocycles. The molecule has 0 aromatic rings. The Hall–Kier alpha value is -0.650. The maximum atomic E-state index is 10.8. The van der Waals surface area contributed by atoms with Crippen LogP contribution in [0, 0.1) is 5.92 Å². The highest BCUT2D eigenvalue weighted by molar-refractivity contribution is 5.69. The summed E-state index contributed by atoms with van der Waals surface area (Å²) in [4.78, 5) is 12.7. The number of carbonyl (C=O) groups is 1. The fourth-order valence-electron chi connectivity index (χ4n) is 2.61. The molecule has 3 N–H and O–H groups in total. The smallest absolute Gasteiger partial charge is 0.317 e. The highest BCUT2D eigenvalue weighted by Gasteiger charge is 2.33. The highest BCUT2D eigenvalue weighted by Crippen LogP contribution is 2.25. The van der Waals surface area contributed by atoms with Crippen molar-refractivity contribution in [3.63, 3.8) is 0 Å². The molecule has 1 aliphatic heterocycles. The van der Waals surface area contributed by atoms with Crippen LogP contribution < -0.4 is 5.32 Å². The second-order valence-corrected chi connectivity index (χ2v) is 5.46. The molecule has 5 heteroatoms. The lowest BCUT2D eigenvalue weighted by Crippen LogP contribution is -2.53. The van der Waals surface area contributed by atoms with Crippen molar-refractivity contribution < 1.29 is 15.0 Å². The maximum Gasteiger partial charge on any atom is 0.317 e. The van der Waals surface area contributed by atoms with Crippen LogP contribution in [0.15, 0.2) is 0 Å². The first kappa shape index (κ1) is 12.8. The molecule has 0 aromatic carbocycles. The second-order valence-electron chi connectivity index (χ2n) is 5.46. The van der Waals surface area contributed by atoms with Crippen molar-refractivity contribution in [1.82, 2.24) is 10.2 Å². The summed E-state index contributed by atoms with van der Waals surface area (Å²) in [5, 5.41) is 22.1. The predicted octanol–water partition coefficient (Wildman–Crippen LogP) is -0.106. The van der Waals surface area contributed by atoms with Crippen LogP contribution in [0.25, 0.3) is 0 Å². The van der Waals surface area contributed by atoms with E-state index in [1.807, 2.05) is 4.90 Å². The van der Waals surface area contributed by atoms with Crippen molar-refractivity contribution in [2.24, 2.45) is 5.92 Å². The molecule has 0 amide bonds. The van der Waals surface area contributed by atoms with E-state index in [0.29, 0.717) is 18.6 Å². The van der Waals surface area contributed by atoms with Gasteiger partial charge in [-0.25, -0.2) is 0 Å². The van der Waals surface area contributed by atoms with Crippen LogP contribution in [-0.2, 0) is 4.79 Å². The average molecular weight is 242 g/mol. The number of likely N-dealkylation sites (tertiary alicyclic amines) is 1. The molecule has 2 aliphatic rings. The molecule has 1 saturated carbocycles. The number of hydrogen-bond acceptors (Lipinski definition) is 4. The Labute approximate surface area is 102 Å². The van der Waals surface area contributed by atoms with Crippen molar-refractivity contribution >= 4 is 5.97 Å². The molecule has 2 rings (SSSR count). The average Bonchev–Trinajstić information content (AvgIpc) is 3.00. The van der Waals surface area contributed by atoms with Gasteiger partial charge in [0, 0.05) is 25.2 Å². The molecule has 2 fully saturated rings. The van der Waals surface area contributed by atoms with Crippen molar-refractivity contribution in [3.05, 3.63) is 0 Å². The quantitative estimate of drug-likeness (QED) is 0.627. The Balaban J connectivity index is 1.90. The first-order valence-corrected chi connectivity index (χ1v) is 6.43. The lowest BCUT2D eigenvalue weighted by atomic mass is 9.90. The van der Waals surface area contributed by atoms with E-state index >= 15 is 0 Å². The van der Waals surface area contributed by atoms with Gasteiger partial charge in [0.15, 0.2) is 0 Å². The summed E-state index contributed by atoms with van der Waals surface area (Å²) in [5.74, 6) is -0.610. The number of aliphatic hydroxyl groups is 1. The topological polar surface area (TPSA) is 72.8 Å². The largest absolute Gasteiger partial charge is 0.480 e. The Morgan fingerprint density at radius 3 is 2.65 bits per heavy atom. The molecule has 3 atom stereocenters. The van der Waals surface area contributed by atoms with Crippen LogP contribution in [-0.4, -0.2) is 58.9 Å². The number of carboxylic acid groups (broad SMARTS) is 1. The van der Waals surface area contributed by atoms with Crippen LogP contribution >= 0.6 is 0 Å². The van der Waals surface area contributed by atoms with Crippen LogP contribution in [0.5, 0.6) is 0 Å². The number of piperidine rings is 1. The number of rotatable bonds is 5. The second kappa shape index (κ2) is 5.33. The molecule has 0 aromatic heterocycles. The van der Waals surface area contributed by atoms with E-state index in [9.17, 15) is 9.90 Å². The van der Waals surface area contributed by atoms with Gasteiger partial charge in [0.2, 0.25) is 0 Å². The lowest BCUT2D eigenvalue weighted by molar-refractivity contribution is -0.139. The van der Waals surface area contributed by atoms with Crippen molar-refractivity contribution in [1.29, 1.82) is 0 Å². The van der Waals surface area contributed by atoms with Gasteiger partial charge in [-0.1, -0.05) is 0 Å². The molecule has 0 radical (unpaired) electrons. The molecule has 3 unspecified atom stereocenters. The summed E-state index contributed by atoms with van der Waals surface area (Å²) in [5.41, 5.74) is 0. The molecule has 5 nitrogen and oxygen atoms in total. The normalized spacial score (nSPS) is 32.4. The molecule has 0 bridgehead atoms. The van der Waals surface area contributed by atoms with Gasteiger partial charge in [-0.15, -0.1) is 0 Å². The molecule has 17 heavy (non-hydrogen) atoms. The number of aliphatic hydroxyl groups excluding tert-OH is 1. The van der Waals surface area contributed by atoms with Crippen molar-refractivity contribution in [2.45, 2.75) is 44.4 Å². The summed E-state index contributed by atoms with van der Waals surface area (Å²) in [6.45, 7) is 3.34. The first-order valence-electron chi connectivity index (χ1n) is 6.43.